The summed E-state index contributed by atoms with van der Waals surface area (Å²) < 4.78 is 12.4. The average molecular weight is 434 g/mol. The van der Waals surface area contributed by atoms with Crippen molar-refractivity contribution in [1.82, 2.24) is 25.5 Å². The second-order valence-corrected chi connectivity index (χ2v) is 7.79. The monoisotopic (exact) mass is 433 g/mol. The second-order valence-electron chi connectivity index (χ2n) is 7.79. The molecule has 3 atom stereocenters. The number of nitrogens with two attached hydrogens (primary N) is 1. The first-order valence-electron chi connectivity index (χ1n) is 10.7. The lowest BCUT2D eigenvalue weighted by molar-refractivity contribution is -0.385. The Balaban J connectivity index is 2.12. The van der Waals surface area contributed by atoms with Crippen LogP contribution in [0.4, 0.5) is 5.69 Å². The van der Waals surface area contributed by atoms with Gasteiger partial charge in [-0.05, 0) is 35.8 Å². The Morgan fingerprint density at radius 3 is 2.65 bits per heavy atom. The quantitative estimate of drug-likeness (QED) is 0.426. The normalized spacial score (nSPS) is 19.7. The molecule has 0 saturated heterocycles. The molecular formula is C20H31N7O4. The van der Waals surface area contributed by atoms with Gasteiger partial charge in [0.25, 0.3) is 5.69 Å². The van der Waals surface area contributed by atoms with Gasteiger partial charge in [-0.2, -0.15) is 0 Å². The zero-order valence-corrected chi connectivity index (χ0v) is 18.3. The number of nitro benzene ring substituents is 1. The Kier molecular flexibility index (Phi) is 7.75. The van der Waals surface area contributed by atoms with Crippen molar-refractivity contribution in [3.8, 4) is 11.5 Å². The zero-order chi connectivity index (χ0) is 22.4. The Morgan fingerprint density at radius 2 is 2.00 bits per heavy atom. The van der Waals surface area contributed by atoms with Crippen molar-refractivity contribution in [2.75, 3.05) is 14.2 Å². The van der Waals surface area contributed by atoms with Crippen LogP contribution in [0.3, 0.4) is 0 Å². The number of aryl methyl sites for hydroxylation is 1. The van der Waals surface area contributed by atoms with E-state index in [1.54, 1.807) is 10.7 Å². The fourth-order valence-electron chi connectivity index (χ4n) is 4.04. The van der Waals surface area contributed by atoms with Crippen LogP contribution in [0, 0.1) is 10.1 Å². The fraction of sp³-hybridized carbons (Fsp3) is 0.650. The van der Waals surface area contributed by atoms with Crippen LogP contribution in [-0.4, -0.2) is 51.4 Å². The number of aromatic nitrogens is 4. The maximum Gasteiger partial charge on any atom is 0.278 e. The summed E-state index contributed by atoms with van der Waals surface area (Å²) >= 11 is 0. The molecule has 170 valence electrons. The van der Waals surface area contributed by atoms with E-state index in [9.17, 15) is 10.1 Å². The summed E-state index contributed by atoms with van der Waals surface area (Å²) in [5.74, 6) is 1.20. The van der Waals surface area contributed by atoms with Crippen LogP contribution in [0.5, 0.6) is 11.5 Å². The average Bonchev–Trinajstić information content (AvgIpc) is 3.24. The first-order valence-corrected chi connectivity index (χ1v) is 10.7. The molecule has 0 bridgehead atoms. The fourth-order valence-corrected chi connectivity index (χ4v) is 4.04. The number of nitro groups is 1. The highest BCUT2D eigenvalue weighted by atomic mass is 16.6. The molecule has 1 heterocycles. The van der Waals surface area contributed by atoms with Crippen molar-refractivity contribution in [1.29, 1.82) is 0 Å². The van der Waals surface area contributed by atoms with Crippen molar-refractivity contribution in [3.63, 3.8) is 0 Å². The Bertz CT molecular complexity index is 888. The van der Waals surface area contributed by atoms with Gasteiger partial charge in [0.05, 0.1) is 30.8 Å². The molecule has 0 radical (unpaired) electrons. The molecule has 0 aliphatic heterocycles. The minimum Gasteiger partial charge on any atom is -0.493 e. The molecule has 1 aromatic heterocycles. The number of hydrogen-bond acceptors (Lipinski definition) is 9. The number of tetrazole rings is 1. The van der Waals surface area contributed by atoms with Gasteiger partial charge in [0.15, 0.2) is 17.3 Å². The first-order chi connectivity index (χ1) is 15.0. The molecule has 3 N–H and O–H groups in total. The summed E-state index contributed by atoms with van der Waals surface area (Å²) in [6.45, 7) is 2.70. The number of hydrogen-bond donors (Lipinski definition) is 2. The molecule has 0 amide bonds. The highest BCUT2D eigenvalue weighted by Gasteiger charge is 2.34. The van der Waals surface area contributed by atoms with Crippen LogP contribution >= 0.6 is 0 Å². The molecule has 0 spiro atoms. The van der Waals surface area contributed by atoms with Crippen LogP contribution in [0.15, 0.2) is 12.1 Å². The van der Waals surface area contributed by atoms with E-state index < -0.39 is 11.0 Å². The van der Waals surface area contributed by atoms with Gasteiger partial charge in [-0.3, -0.25) is 15.4 Å². The maximum atomic E-state index is 12.0. The van der Waals surface area contributed by atoms with E-state index in [1.807, 2.05) is 0 Å². The number of unbranched alkanes of at least 4 members (excludes halogenated alkanes) is 1. The SMILES string of the molecule is CCCCn1nnnc1C(NC1CCCCC1N)c1cc(OC)c(OC)cc1[N+](=O)[O-]. The summed E-state index contributed by atoms with van der Waals surface area (Å²) in [5, 5.41) is 27.7. The van der Waals surface area contributed by atoms with E-state index in [-0.39, 0.29) is 23.5 Å². The van der Waals surface area contributed by atoms with Crippen molar-refractivity contribution in [2.45, 2.75) is 70.1 Å². The van der Waals surface area contributed by atoms with Gasteiger partial charge in [-0.15, -0.1) is 5.10 Å². The van der Waals surface area contributed by atoms with Gasteiger partial charge in [0.2, 0.25) is 0 Å². The van der Waals surface area contributed by atoms with E-state index in [1.165, 1.54) is 20.3 Å². The number of nitrogens with zero attached hydrogens (tertiary/aromatic N) is 5. The highest BCUT2D eigenvalue weighted by Crippen LogP contribution is 2.39. The molecule has 3 unspecified atom stereocenters. The van der Waals surface area contributed by atoms with Crippen molar-refractivity contribution in [2.24, 2.45) is 5.73 Å². The summed E-state index contributed by atoms with van der Waals surface area (Å²) in [4.78, 5) is 11.6. The minimum absolute atomic E-state index is 0.0113. The Labute approximate surface area is 181 Å². The van der Waals surface area contributed by atoms with Crippen molar-refractivity contribution >= 4 is 5.69 Å². The summed E-state index contributed by atoms with van der Waals surface area (Å²) in [5.41, 5.74) is 6.69. The maximum absolute atomic E-state index is 12.0. The summed E-state index contributed by atoms with van der Waals surface area (Å²) in [6.07, 6.45) is 5.78. The topological polar surface area (TPSA) is 143 Å². The van der Waals surface area contributed by atoms with E-state index in [4.69, 9.17) is 15.2 Å². The predicted molar refractivity (Wildman–Crippen MR) is 114 cm³/mol. The van der Waals surface area contributed by atoms with Crippen LogP contribution in [0.1, 0.15) is 62.9 Å². The van der Waals surface area contributed by atoms with Gasteiger partial charge in [-0.25, -0.2) is 4.68 Å². The lowest BCUT2D eigenvalue weighted by atomic mass is 9.89. The molecule has 3 rings (SSSR count). The largest absolute Gasteiger partial charge is 0.493 e. The number of nitrogens with one attached hydrogen (secondary N) is 1. The Morgan fingerprint density at radius 1 is 1.29 bits per heavy atom. The van der Waals surface area contributed by atoms with Gasteiger partial charge in [-0.1, -0.05) is 26.2 Å². The van der Waals surface area contributed by atoms with E-state index in [0.29, 0.717) is 23.7 Å². The van der Waals surface area contributed by atoms with Crippen LogP contribution in [-0.2, 0) is 6.54 Å². The van der Waals surface area contributed by atoms with Crippen LogP contribution < -0.4 is 20.5 Å². The lowest BCUT2D eigenvalue weighted by Crippen LogP contribution is -2.49. The van der Waals surface area contributed by atoms with Crippen LogP contribution in [0.2, 0.25) is 0 Å². The third kappa shape index (κ3) is 5.10. The van der Waals surface area contributed by atoms with Crippen molar-refractivity contribution in [3.05, 3.63) is 33.6 Å². The first kappa shape index (κ1) is 22.9. The number of ether oxygens (including phenoxy) is 2. The minimum atomic E-state index is -0.624. The molecule has 31 heavy (non-hydrogen) atoms. The highest BCUT2D eigenvalue weighted by molar-refractivity contribution is 5.56. The van der Waals surface area contributed by atoms with E-state index in [0.717, 1.165) is 38.5 Å². The van der Waals surface area contributed by atoms with E-state index in [2.05, 4.69) is 27.8 Å². The molecule has 2 aromatic rings. The standard InChI is InChI=1S/C20H31N7O4/c1-4-5-10-26-20(23-24-25-26)19(22-15-9-7-6-8-14(15)21)13-11-17(30-2)18(31-3)12-16(13)27(28)29/h11-12,14-15,19,22H,4-10,21H2,1-3H3. The molecule has 1 aliphatic carbocycles. The third-order valence-corrected chi connectivity index (χ3v) is 5.78. The number of methoxy groups -OCH3 is 2. The van der Waals surface area contributed by atoms with Gasteiger partial charge in [0, 0.05) is 18.6 Å². The smallest absolute Gasteiger partial charge is 0.278 e. The van der Waals surface area contributed by atoms with Gasteiger partial charge >= 0.3 is 0 Å². The number of benzene rings is 1. The van der Waals surface area contributed by atoms with Gasteiger partial charge < -0.3 is 15.2 Å². The lowest BCUT2D eigenvalue weighted by Gasteiger charge is -2.33. The summed E-state index contributed by atoms with van der Waals surface area (Å²) in [6, 6.07) is 2.32. The summed E-state index contributed by atoms with van der Waals surface area (Å²) in [7, 11) is 2.95. The molecular weight excluding hydrogens is 402 g/mol. The molecule has 1 aliphatic rings. The molecule has 1 aromatic carbocycles. The zero-order valence-electron chi connectivity index (χ0n) is 18.3. The Hall–Kier alpha value is -2.79. The van der Waals surface area contributed by atoms with E-state index >= 15 is 0 Å². The number of rotatable bonds is 10. The third-order valence-electron chi connectivity index (χ3n) is 5.78. The molecule has 1 saturated carbocycles. The molecule has 1 fully saturated rings. The van der Waals surface area contributed by atoms with Crippen LogP contribution in [0.25, 0.3) is 0 Å². The second kappa shape index (κ2) is 10.5. The van der Waals surface area contributed by atoms with Gasteiger partial charge in [0.1, 0.15) is 6.04 Å². The van der Waals surface area contributed by atoms with Crippen molar-refractivity contribution < 1.29 is 14.4 Å². The predicted octanol–water partition coefficient (Wildman–Crippen LogP) is 2.35. The molecule has 11 nitrogen and oxygen atoms in total. The molecule has 11 heteroatoms.